The first-order chi connectivity index (χ1) is 10.1. The number of hydrogen-bond acceptors (Lipinski definition) is 6. The average Bonchev–Trinajstić information content (AvgIpc) is 2.48. The van der Waals surface area contributed by atoms with Gasteiger partial charge in [-0.05, 0) is 12.2 Å². The minimum atomic E-state index is -0.796. The van der Waals surface area contributed by atoms with E-state index in [0.717, 1.165) is 18.8 Å². The summed E-state index contributed by atoms with van der Waals surface area (Å²) in [6.07, 6.45) is 5.31. The topological polar surface area (TPSA) is 79.4 Å². The smallest absolute Gasteiger partial charge is 0.230 e. The molecule has 1 saturated heterocycles. The Labute approximate surface area is 127 Å². The van der Waals surface area contributed by atoms with Crippen LogP contribution in [0.15, 0.2) is 12.3 Å². The van der Waals surface area contributed by atoms with Crippen molar-refractivity contribution in [3.63, 3.8) is 0 Å². The molecule has 112 valence electrons. The molecule has 3 heterocycles. The predicted octanol–water partition coefficient (Wildman–Crippen LogP) is 1.10. The molecule has 2 aliphatic heterocycles. The fourth-order valence-electron chi connectivity index (χ4n) is 2.33. The van der Waals surface area contributed by atoms with Gasteiger partial charge in [0.1, 0.15) is 0 Å². The Hall–Kier alpha value is -1.70. The SMILES string of the molecule is CC(=O)Nc1ncc2c(n1)C=CC(Cl)(N1CCOCC1)N2. The lowest BCUT2D eigenvalue weighted by atomic mass is 10.2. The van der Waals surface area contributed by atoms with Gasteiger partial charge in [-0.25, -0.2) is 9.97 Å². The van der Waals surface area contributed by atoms with Crippen LogP contribution in [0.4, 0.5) is 11.6 Å². The Morgan fingerprint density at radius 2 is 2.29 bits per heavy atom. The van der Waals surface area contributed by atoms with Crippen LogP contribution in [0.25, 0.3) is 6.08 Å². The van der Waals surface area contributed by atoms with E-state index in [-0.39, 0.29) is 11.9 Å². The quantitative estimate of drug-likeness (QED) is 0.629. The Balaban J connectivity index is 1.81. The van der Waals surface area contributed by atoms with Crippen molar-refractivity contribution in [1.82, 2.24) is 14.9 Å². The second-order valence-corrected chi connectivity index (χ2v) is 5.48. The van der Waals surface area contributed by atoms with Crippen LogP contribution in [-0.2, 0) is 9.53 Å². The maximum absolute atomic E-state index is 11.0. The number of hydrogen-bond donors (Lipinski definition) is 2. The molecule has 1 atom stereocenters. The summed E-state index contributed by atoms with van der Waals surface area (Å²) in [5.74, 6) is 0.0730. The first kappa shape index (κ1) is 14.2. The molecule has 8 heteroatoms. The van der Waals surface area contributed by atoms with Crippen molar-refractivity contribution in [3.05, 3.63) is 18.0 Å². The molecule has 0 aromatic carbocycles. The largest absolute Gasteiger partial charge is 0.379 e. The third-order valence-corrected chi connectivity index (χ3v) is 3.81. The molecule has 0 radical (unpaired) electrons. The number of alkyl halides is 1. The predicted molar refractivity (Wildman–Crippen MR) is 80.0 cm³/mol. The molecule has 1 aromatic rings. The fraction of sp³-hybridized carbons (Fsp3) is 0.462. The molecule has 0 saturated carbocycles. The van der Waals surface area contributed by atoms with Gasteiger partial charge in [0.05, 0.1) is 30.8 Å². The number of fused-ring (bicyclic) bond motifs is 1. The summed E-state index contributed by atoms with van der Waals surface area (Å²) < 4.78 is 5.34. The molecule has 1 fully saturated rings. The van der Waals surface area contributed by atoms with Gasteiger partial charge in [0.15, 0.2) is 5.12 Å². The Bertz CT molecular complexity index is 588. The van der Waals surface area contributed by atoms with Gasteiger partial charge in [-0.15, -0.1) is 0 Å². The number of aromatic nitrogens is 2. The zero-order chi connectivity index (χ0) is 14.9. The zero-order valence-corrected chi connectivity index (χ0v) is 12.4. The maximum atomic E-state index is 11.0. The van der Waals surface area contributed by atoms with Gasteiger partial charge in [0.2, 0.25) is 11.9 Å². The van der Waals surface area contributed by atoms with Crippen molar-refractivity contribution in [1.29, 1.82) is 0 Å². The van der Waals surface area contributed by atoms with Gasteiger partial charge in [-0.3, -0.25) is 15.0 Å². The van der Waals surface area contributed by atoms with E-state index >= 15 is 0 Å². The molecule has 1 aromatic heterocycles. The van der Waals surface area contributed by atoms with Gasteiger partial charge in [0.25, 0.3) is 0 Å². The molecule has 0 spiro atoms. The van der Waals surface area contributed by atoms with E-state index in [1.54, 1.807) is 6.20 Å². The second-order valence-electron chi connectivity index (χ2n) is 4.90. The van der Waals surface area contributed by atoms with Crippen LogP contribution >= 0.6 is 11.6 Å². The van der Waals surface area contributed by atoms with Crippen LogP contribution in [0.1, 0.15) is 12.6 Å². The van der Waals surface area contributed by atoms with Crippen LogP contribution in [0, 0.1) is 0 Å². The number of nitrogens with one attached hydrogen (secondary N) is 2. The fourth-order valence-corrected chi connectivity index (χ4v) is 2.66. The van der Waals surface area contributed by atoms with E-state index in [2.05, 4.69) is 25.5 Å². The summed E-state index contributed by atoms with van der Waals surface area (Å²) >= 11 is 6.65. The zero-order valence-electron chi connectivity index (χ0n) is 11.6. The number of ether oxygens (including phenoxy) is 1. The van der Waals surface area contributed by atoms with Gasteiger partial charge in [-0.2, -0.15) is 0 Å². The van der Waals surface area contributed by atoms with Crippen LogP contribution in [0.3, 0.4) is 0 Å². The maximum Gasteiger partial charge on any atom is 0.230 e. The molecule has 7 nitrogen and oxygen atoms in total. The lowest BCUT2D eigenvalue weighted by Gasteiger charge is -2.41. The summed E-state index contributed by atoms with van der Waals surface area (Å²) in [7, 11) is 0. The molecule has 1 unspecified atom stereocenters. The van der Waals surface area contributed by atoms with Crippen LogP contribution in [-0.4, -0.2) is 52.2 Å². The Morgan fingerprint density at radius 3 is 3.00 bits per heavy atom. The highest BCUT2D eigenvalue weighted by Gasteiger charge is 2.36. The minimum absolute atomic E-state index is 0.206. The van der Waals surface area contributed by atoms with Gasteiger partial charge in [-0.1, -0.05) is 11.6 Å². The van der Waals surface area contributed by atoms with Crippen molar-refractivity contribution in [2.75, 3.05) is 36.9 Å². The van der Waals surface area contributed by atoms with Gasteiger partial charge >= 0.3 is 0 Å². The lowest BCUT2D eigenvalue weighted by molar-refractivity contribution is -0.114. The lowest BCUT2D eigenvalue weighted by Crippen LogP contribution is -2.54. The first-order valence-corrected chi connectivity index (χ1v) is 7.08. The average molecular weight is 310 g/mol. The highest BCUT2D eigenvalue weighted by Crippen LogP contribution is 2.33. The number of halogens is 1. The third-order valence-electron chi connectivity index (χ3n) is 3.35. The van der Waals surface area contributed by atoms with E-state index in [1.165, 1.54) is 6.92 Å². The summed E-state index contributed by atoms with van der Waals surface area (Å²) in [4.78, 5) is 21.5. The monoisotopic (exact) mass is 309 g/mol. The van der Waals surface area contributed by atoms with E-state index < -0.39 is 5.12 Å². The number of carbonyl (C=O) groups excluding carboxylic acids is 1. The van der Waals surface area contributed by atoms with Crippen LogP contribution in [0.5, 0.6) is 0 Å². The number of morpholine rings is 1. The summed E-state index contributed by atoms with van der Waals surface area (Å²) in [6, 6.07) is 0. The number of carbonyl (C=O) groups is 1. The van der Waals surface area contributed by atoms with E-state index in [1.807, 2.05) is 12.2 Å². The molecule has 1 amide bonds. The Morgan fingerprint density at radius 1 is 1.52 bits per heavy atom. The van der Waals surface area contributed by atoms with Crippen molar-refractivity contribution in [2.45, 2.75) is 12.0 Å². The van der Waals surface area contributed by atoms with E-state index in [0.29, 0.717) is 18.9 Å². The van der Waals surface area contributed by atoms with Gasteiger partial charge in [0, 0.05) is 20.0 Å². The molecule has 21 heavy (non-hydrogen) atoms. The van der Waals surface area contributed by atoms with Crippen LogP contribution < -0.4 is 10.6 Å². The van der Waals surface area contributed by atoms with Crippen LogP contribution in [0.2, 0.25) is 0 Å². The Kier molecular flexibility index (Phi) is 3.79. The minimum Gasteiger partial charge on any atom is -0.379 e. The number of amides is 1. The van der Waals surface area contributed by atoms with Crippen molar-refractivity contribution >= 4 is 35.2 Å². The third kappa shape index (κ3) is 2.99. The highest BCUT2D eigenvalue weighted by atomic mass is 35.5. The van der Waals surface area contributed by atoms with Crippen molar-refractivity contribution in [3.8, 4) is 0 Å². The molecular formula is C13H16ClN5O2. The standard InChI is InChI=1S/C13H16ClN5O2/c1-9(20)16-12-15-8-11-10(17-12)2-3-13(14,18-11)19-4-6-21-7-5-19/h2-3,8,18H,4-7H2,1H3,(H,15,16,17,20). The molecule has 2 aliphatic rings. The number of nitrogens with zero attached hydrogens (tertiary/aromatic N) is 3. The number of rotatable bonds is 2. The summed E-state index contributed by atoms with van der Waals surface area (Å²) in [5, 5.41) is 5.00. The van der Waals surface area contributed by atoms with Gasteiger partial charge < -0.3 is 10.1 Å². The number of anilines is 2. The van der Waals surface area contributed by atoms with E-state index in [9.17, 15) is 4.79 Å². The van der Waals surface area contributed by atoms with Crippen molar-refractivity contribution < 1.29 is 9.53 Å². The first-order valence-electron chi connectivity index (χ1n) is 6.70. The molecule has 0 aliphatic carbocycles. The molecule has 0 bridgehead atoms. The normalized spacial score (nSPS) is 25.0. The van der Waals surface area contributed by atoms with E-state index in [4.69, 9.17) is 16.3 Å². The highest BCUT2D eigenvalue weighted by molar-refractivity contribution is 6.26. The second kappa shape index (κ2) is 5.59. The van der Waals surface area contributed by atoms with Crippen molar-refractivity contribution in [2.24, 2.45) is 0 Å². The molecular weight excluding hydrogens is 294 g/mol. The molecule has 2 N–H and O–H groups in total. The summed E-state index contributed by atoms with van der Waals surface area (Å²) in [5.41, 5.74) is 1.42. The summed E-state index contributed by atoms with van der Waals surface area (Å²) in [6.45, 7) is 4.24. The molecule has 3 rings (SSSR count).